The Morgan fingerprint density at radius 2 is 1.93 bits per heavy atom. The number of rotatable bonds is 3. The summed E-state index contributed by atoms with van der Waals surface area (Å²) in [6.07, 6.45) is 1.76. The molecule has 0 N–H and O–H groups in total. The molecule has 5 rings (SSSR count). The maximum atomic E-state index is 5.20. The second-order valence-electron chi connectivity index (χ2n) is 6.20. The number of aromatic nitrogens is 6. The van der Waals surface area contributed by atoms with Crippen LogP contribution in [0.2, 0.25) is 0 Å². The van der Waals surface area contributed by atoms with Gasteiger partial charge in [0.2, 0.25) is 0 Å². The van der Waals surface area contributed by atoms with Crippen molar-refractivity contribution in [2.24, 2.45) is 0 Å². The molecule has 0 aliphatic rings. The second-order valence-corrected chi connectivity index (χ2v) is 6.20. The number of hydrogen-bond acceptors (Lipinski definition) is 7. The number of aryl methyl sites for hydroxylation is 1. The first-order valence-corrected chi connectivity index (χ1v) is 8.45. The highest BCUT2D eigenvalue weighted by Crippen LogP contribution is 2.31. The van der Waals surface area contributed by atoms with E-state index in [0.29, 0.717) is 22.8 Å². The van der Waals surface area contributed by atoms with Gasteiger partial charge in [0, 0.05) is 24.7 Å². The minimum Gasteiger partial charge on any atom is -0.361 e. The molecular formula is C19H15N7O. The topological polar surface area (TPSA) is 85.2 Å². The van der Waals surface area contributed by atoms with E-state index < -0.39 is 0 Å². The molecule has 0 bridgehead atoms. The normalized spacial score (nSPS) is 11.3. The van der Waals surface area contributed by atoms with Gasteiger partial charge < -0.3 is 9.42 Å². The Bertz CT molecular complexity index is 1260. The highest BCUT2D eigenvalue weighted by molar-refractivity contribution is 5.94. The molecule has 27 heavy (non-hydrogen) atoms. The van der Waals surface area contributed by atoms with E-state index in [-0.39, 0.29) is 0 Å². The van der Waals surface area contributed by atoms with Crippen molar-refractivity contribution >= 4 is 28.2 Å². The summed E-state index contributed by atoms with van der Waals surface area (Å²) in [5, 5.41) is 13.6. The summed E-state index contributed by atoms with van der Waals surface area (Å²) < 4.78 is 6.92. The molecule has 0 atom stereocenters. The molecule has 0 spiro atoms. The van der Waals surface area contributed by atoms with E-state index in [0.717, 1.165) is 22.5 Å². The van der Waals surface area contributed by atoms with Crippen LogP contribution in [0.1, 0.15) is 5.76 Å². The van der Waals surface area contributed by atoms with Gasteiger partial charge in [0.05, 0.1) is 5.52 Å². The van der Waals surface area contributed by atoms with Gasteiger partial charge in [-0.1, -0.05) is 28.6 Å². The Hall–Kier alpha value is -3.81. The monoisotopic (exact) mass is 357 g/mol. The maximum absolute atomic E-state index is 5.20. The van der Waals surface area contributed by atoms with Crippen molar-refractivity contribution in [1.82, 2.24) is 30.0 Å². The Balaban J connectivity index is 1.81. The predicted molar refractivity (Wildman–Crippen MR) is 101 cm³/mol. The van der Waals surface area contributed by atoms with Crippen LogP contribution in [0.15, 0.2) is 59.3 Å². The first kappa shape index (κ1) is 15.4. The van der Waals surface area contributed by atoms with Gasteiger partial charge in [-0.15, -0.1) is 5.10 Å². The summed E-state index contributed by atoms with van der Waals surface area (Å²) in [6, 6.07) is 15.5. The molecular weight excluding hydrogens is 342 g/mol. The third kappa shape index (κ3) is 2.42. The minimum atomic E-state index is 0.577. The molecule has 5 aromatic rings. The van der Waals surface area contributed by atoms with E-state index in [4.69, 9.17) is 9.51 Å². The van der Waals surface area contributed by atoms with Gasteiger partial charge in [0.1, 0.15) is 23.1 Å². The average molecular weight is 357 g/mol. The molecule has 0 aliphatic heterocycles. The van der Waals surface area contributed by atoms with Crippen molar-refractivity contribution in [2.75, 3.05) is 11.9 Å². The van der Waals surface area contributed by atoms with Crippen LogP contribution in [-0.4, -0.2) is 37.0 Å². The van der Waals surface area contributed by atoms with Crippen molar-refractivity contribution < 1.29 is 4.52 Å². The summed E-state index contributed by atoms with van der Waals surface area (Å²) >= 11 is 0. The molecule has 4 aromatic heterocycles. The van der Waals surface area contributed by atoms with Gasteiger partial charge in [0.25, 0.3) is 0 Å². The molecule has 0 saturated carbocycles. The number of fused-ring (bicyclic) bond motifs is 3. The Kier molecular flexibility index (Phi) is 3.36. The van der Waals surface area contributed by atoms with Crippen LogP contribution >= 0.6 is 0 Å². The molecule has 0 saturated heterocycles. The summed E-state index contributed by atoms with van der Waals surface area (Å²) in [4.78, 5) is 11.3. The van der Waals surface area contributed by atoms with E-state index in [1.807, 2.05) is 67.4 Å². The number of anilines is 2. The lowest BCUT2D eigenvalue weighted by Gasteiger charge is -2.19. The van der Waals surface area contributed by atoms with Crippen molar-refractivity contribution in [2.45, 2.75) is 6.92 Å². The van der Waals surface area contributed by atoms with E-state index >= 15 is 0 Å². The highest BCUT2D eigenvalue weighted by Gasteiger charge is 2.20. The van der Waals surface area contributed by atoms with Crippen LogP contribution in [0.3, 0.4) is 0 Å². The zero-order valence-electron chi connectivity index (χ0n) is 14.7. The van der Waals surface area contributed by atoms with Gasteiger partial charge in [-0.3, -0.25) is 0 Å². The number of nitrogens with zero attached hydrogens (tertiary/aromatic N) is 7. The molecule has 0 fully saturated rings. The lowest BCUT2D eigenvalue weighted by molar-refractivity contribution is 0.399. The van der Waals surface area contributed by atoms with Crippen molar-refractivity contribution in [3.8, 4) is 11.4 Å². The molecule has 132 valence electrons. The second kappa shape index (κ2) is 5.87. The lowest BCUT2D eigenvalue weighted by atomic mass is 10.2. The van der Waals surface area contributed by atoms with Crippen LogP contribution in [0.25, 0.3) is 27.9 Å². The Morgan fingerprint density at radius 1 is 1.07 bits per heavy atom. The van der Waals surface area contributed by atoms with E-state index in [1.54, 1.807) is 10.7 Å². The molecule has 8 heteroatoms. The van der Waals surface area contributed by atoms with Gasteiger partial charge in [0.15, 0.2) is 11.3 Å². The van der Waals surface area contributed by atoms with Gasteiger partial charge in [-0.05, 0) is 31.2 Å². The number of pyridine rings is 1. The molecule has 0 radical (unpaired) electrons. The molecule has 0 aliphatic carbocycles. The summed E-state index contributed by atoms with van der Waals surface area (Å²) in [5.41, 5.74) is 2.70. The van der Waals surface area contributed by atoms with E-state index in [1.165, 1.54) is 0 Å². The zero-order chi connectivity index (χ0) is 18.4. The molecule has 4 heterocycles. The van der Waals surface area contributed by atoms with Crippen LogP contribution in [0, 0.1) is 6.92 Å². The quantitative estimate of drug-likeness (QED) is 0.489. The smallest absolute Gasteiger partial charge is 0.188 e. The predicted octanol–water partition coefficient (Wildman–Crippen LogP) is 3.40. The SMILES string of the molecule is Cc1cc(-c2nnn3c2nc(N(C)c2ccccn2)c2ccccc23)no1. The number of hydrogen-bond donors (Lipinski definition) is 0. The fraction of sp³-hybridized carbons (Fsp3) is 0.105. The number of benzene rings is 1. The first-order chi connectivity index (χ1) is 13.2. The highest BCUT2D eigenvalue weighted by atomic mass is 16.5. The first-order valence-electron chi connectivity index (χ1n) is 8.45. The largest absolute Gasteiger partial charge is 0.361 e. The van der Waals surface area contributed by atoms with E-state index in [2.05, 4.69) is 20.5 Å². The zero-order valence-corrected chi connectivity index (χ0v) is 14.7. The molecule has 0 unspecified atom stereocenters. The fourth-order valence-corrected chi connectivity index (χ4v) is 3.11. The Labute approximate surface area is 154 Å². The summed E-state index contributed by atoms with van der Waals surface area (Å²) in [5.74, 6) is 2.27. The van der Waals surface area contributed by atoms with Crippen LogP contribution in [0.4, 0.5) is 11.6 Å². The number of para-hydroxylation sites is 1. The van der Waals surface area contributed by atoms with Crippen LogP contribution < -0.4 is 4.90 Å². The fourth-order valence-electron chi connectivity index (χ4n) is 3.11. The summed E-state index contributed by atoms with van der Waals surface area (Å²) in [7, 11) is 1.94. The standard InChI is InChI=1S/C19H15N7O/c1-12-11-14(23-27-12)17-19-21-18(25(2)16-9-5-6-10-20-16)13-7-3-4-8-15(13)26(19)24-22-17/h3-11H,1-2H3. The third-order valence-electron chi connectivity index (χ3n) is 4.41. The van der Waals surface area contributed by atoms with Gasteiger partial charge in [-0.2, -0.15) is 4.52 Å². The average Bonchev–Trinajstić information content (AvgIpc) is 3.33. The van der Waals surface area contributed by atoms with Crippen molar-refractivity contribution in [3.05, 3.63) is 60.5 Å². The van der Waals surface area contributed by atoms with Crippen molar-refractivity contribution in [3.63, 3.8) is 0 Å². The third-order valence-corrected chi connectivity index (χ3v) is 4.41. The molecule has 0 amide bonds. The lowest BCUT2D eigenvalue weighted by Crippen LogP contribution is -2.14. The molecule has 8 nitrogen and oxygen atoms in total. The van der Waals surface area contributed by atoms with Gasteiger partial charge in [-0.25, -0.2) is 9.97 Å². The summed E-state index contributed by atoms with van der Waals surface area (Å²) in [6.45, 7) is 1.84. The minimum absolute atomic E-state index is 0.577. The van der Waals surface area contributed by atoms with E-state index in [9.17, 15) is 0 Å². The Morgan fingerprint density at radius 3 is 2.70 bits per heavy atom. The maximum Gasteiger partial charge on any atom is 0.188 e. The van der Waals surface area contributed by atoms with Crippen LogP contribution in [-0.2, 0) is 0 Å². The molecule has 1 aromatic carbocycles. The van der Waals surface area contributed by atoms with Crippen molar-refractivity contribution in [1.29, 1.82) is 0 Å². The van der Waals surface area contributed by atoms with Gasteiger partial charge >= 0.3 is 0 Å². The van der Waals surface area contributed by atoms with Crippen LogP contribution in [0.5, 0.6) is 0 Å².